The van der Waals surface area contributed by atoms with E-state index >= 15 is 0 Å². The van der Waals surface area contributed by atoms with Crippen molar-refractivity contribution in [2.75, 3.05) is 0 Å². The third-order valence-corrected chi connectivity index (χ3v) is 3.03. The molecule has 0 aromatic heterocycles. The Kier molecular flexibility index (Phi) is 3.68. The molecule has 99 valence electrons. The maximum absolute atomic E-state index is 6.12. The lowest BCUT2D eigenvalue weighted by Gasteiger charge is -2.34. The highest BCUT2D eigenvalue weighted by Gasteiger charge is 2.33. The van der Waals surface area contributed by atoms with Gasteiger partial charge in [-0.25, -0.2) is 0 Å². The van der Waals surface area contributed by atoms with Gasteiger partial charge in [0.1, 0.15) is 0 Å². The Bertz CT molecular complexity index is 471. The van der Waals surface area contributed by atoms with Crippen molar-refractivity contribution in [2.24, 2.45) is 22.9 Å². The lowest BCUT2D eigenvalue weighted by Crippen LogP contribution is -2.58. The van der Waals surface area contributed by atoms with Gasteiger partial charge in [-0.1, -0.05) is 60.7 Å². The molecule has 0 amide bonds. The van der Waals surface area contributed by atoms with Gasteiger partial charge in [0.15, 0.2) is 0 Å². The van der Waals surface area contributed by atoms with E-state index in [4.69, 9.17) is 22.9 Å². The first kappa shape index (κ1) is 13.7. The summed E-state index contributed by atoms with van der Waals surface area (Å²) in [5, 5.41) is 0. The summed E-state index contributed by atoms with van der Waals surface area (Å²) in [6.07, 6.45) is 1.56. The lowest BCUT2D eigenvalue weighted by molar-refractivity contribution is 0.409. The summed E-state index contributed by atoms with van der Waals surface area (Å²) in [7, 11) is 0. The van der Waals surface area contributed by atoms with Crippen LogP contribution in [0.3, 0.4) is 0 Å². The van der Waals surface area contributed by atoms with E-state index in [2.05, 4.69) is 0 Å². The molecule has 0 bridgehead atoms. The molecular formula is C15H19N4. The molecule has 2 aromatic carbocycles. The molecule has 1 radical (unpaired) electrons. The minimum Gasteiger partial charge on any atom is -0.309 e. The van der Waals surface area contributed by atoms with Gasteiger partial charge in [0.25, 0.3) is 0 Å². The molecule has 0 fully saturated rings. The fraction of sp³-hybridized carbons (Fsp3) is 0.133. The van der Waals surface area contributed by atoms with Gasteiger partial charge < -0.3 is 22.9 Å². The second kappa shape index (κ2) is 5.11. The molecule has 4 nitrogen and oxygen atoms in total. The van der Waals surface area contributed by atoms with Crippen molar-refractivity contribution in [3.8, 4) is 0 Å². The Morgan fingerprint density at radius 3 is 1.21 bits per heavy atom. The lowest BCUT2D eigenvalue weighted by atomic mass is 9.87. The normalized spacial score (nSPS) is 12.4. The molecule has 0 unspecified atom stereocenters. The summed E-state index contributed by atoms with van der Waals surface area (Å²) in [6.45, 7) is 0. The second-order valence-corrected chi connectivity index (χ2v) is 4.74. The Hall–Kier alpha value is -1.72. The first-order chi connectivity index (χ1) is 8.92. The zero-order chi connectivity index (χ0) is 13.9. The monoisotopic (exact) mass is 255 g/mol. The maximum Gasteiger partial charge on any atom is 0.0968 e. The SMILES string of the molecule is NC(N)([CH]C(N)(N)c1ccccc1)c1ccccc1. The van der Waals surface area contributed by atoms with Crippen molar-refractivity contribution in [2.45, 2.75) is 11.3 Å². The van der Waals surface area contributed by atoms with Crippen molar-refractivity contribution >= 4 is 0 Å². The third-order valence-electron chi connectivity index (χ3n) is 3.03. The van der Waals surface area contributed by atoms with Crippen molar-refractivity contribution < 1.29 is 0 Å². The highest BCUT2D eigenvalue weighted by atomic mass is 15.0. The predicted octanol–water partition coefficient (Wildman–Crippen LogP) is 0.731. The van der Waals surface area contributed by atoms with Crippen LogP contribution < -0.4 is 22.9 Å². The zero-order valence-corrected chi connectivity index (χ0v) is 10.7. The summed E-state index contributed by atoms with van der Waals surface area (Å²) >= 11 is 0. The number of rotatable bonds is 4. The van der Waals surface area contributed by atoms with Gasteiger partial charge in [-0.3, -0.25) is 0 Å². The van der Waals surface area contributed by atoms with E-state index < -0.39 is 11.3 Å². The van der Waals surface area contributed by atoms with E-state index in [9.17, 15) is 0 Å². The molecule has 0 saturated carbocycles. The molecule has 0 atom stereocenters. The fourth-order valence-corrected chi connectivity index (χ4v) is 2.02. The highest BCUT2D eigenvalue weighted by molar-refractivity contribution is 5.33. The molecular weight excluding hydrogens is 236 g/mol. The van der Waals surface area contributed by atoms with Crippen LogP contribution in [0.5, 0.6) is 0 Å². The number of benzene rings is 2. The van der Waals surface area contributed by atoms with E-state index in [0.717, 1.165) is 11.1 Å². The van der Waals surface area contributed by atoms with E-state index in [1.165, 1.54) is 0 Å². The van der Waals surface area contributed by atoms with Gasteiger partial charge >= 0.3 is 0 Å². The van der Waals surface area contributed by atoms with Gasteiger partial charge in [0.2, 0.25) is 0 Å². The van der Waals surface area contributed by atoms with Crippen LogP contribution in [0.15, 0.2) is 60.7 Å². The largest absolute Gasteiger partial charge is 0.309 e. The van der Waals surface area contributed by atoms with Crippen LogP contribution in [0, 0.1) is 6.42 Å². The molecule has 0 aliphatic rings. The summed E-state index contributed by atoms with van der Waals surface area (Å²) in [4.78, 5) is 0. The molecule has 8 N–H and O–H groups in total. The second-order valence-electron chi connectivity index (χ2n) is 4.74. The van der Waals surface area contributed by atoms with Crippen molar-refractivity contribution in [3.05, 3.63) is 78.2 Å². The minimum atomic E-state index is -1.19. The first-order valence-corrected chi connectivity index (χ1v) is 6.05. The first-order valence-electron chi connectivity index (χ1n) is 6.05. The van der Waals surface area contributed by atoms with E-state index in [-0.39, 0.29) is 0 Å². The quantitative estimate of drug-likeness (QED) is 0.604. The summed E-state index contributed by atoms with van der Waals surface area (Å²) in [6, 6.07) is 18.7. The molecule has 0 aliphatic heterocycles. The highest BCUT2D eigenvalue weighted by Crippen LogP contribution is 2.24. The molecule has 2 rings (SSSR count). The van der Waals surface area contributed by atoms with Crippen LogP contribution in [-0.2, 0) is 11.3 Å². The zero-order valence-electron chi connectivity index (χ0n) is 10.7. The van der Waals surface area contributed by atoms with Gasteiger partial charge in [-0.05, 0) is 11.1 Å². The average molecular weight is 255 g/mol. The molecule has 0 saturated heterocycles. The maximum atomic E-state index is 6.12. The van der Waals surface area contributed by atoms with Crippen LogP contribution in [-0.4, -0.2) is 0 Å². The van der Waals surface area contributed by atoms with Gasteiger partial charge in [0, 0.05) is 6.42 Å². The van der Waals surface area contributed by atoms with Crippen molar-refractivity contribution in [3.63, 3.8) is 0 Å². The average Bonchev–Trinajstić information content (AvgIpc) is 2.40. The summed E-state index contributed by atoms with van der Waals surface area (Å²) in [5.41, 5.74) is 23.6. The molecule has 0 spiro atoms. The topological polar surface area (TPSA) is 104 Å². The summed E-state index contributed by atoms with van der Waals surface area (Å²) < 4.78 is 0. The molecule has 0 aliphatic carbocycles. The van der Waals surface area contributed by atoms with E-state index in [1.54, 1.807) is 6.42 Å². The third kappa shape index (κ3) is 3.19. The number of nitrogens with two attached hydrogens (primary N) is 4. The minimum absolute atomic E-state index is 0.756. The fourth-order valence-electron chi connectivity index (χ4n) is 2.02. The van der Waals surface area contributed by atoms with Gasteiger partial charge in [-0.15, -0.1) is 0 Å². The number of hydrogen-bond acceptors (Lipinski definition) is 4. The van der Waals surface area contributed by atoms with E-state index in [1.807, 2.05) is 60.7 Å². The van der Waals surface area contributed by atoms with Crippen LogP contribution in [0.4, 0.5) is 0 Å². The number of hydrogen-bond donors (Lipinski definition) is 4. The van der Waals surface area contributed by atoms with Crippen molar-refractivity contribution in [1.82, 2.24) is 0 Å². The molecule has 4 heteroatoms. The standard InChI is InChI=1S/C15H19N4/c16-14(17,12-7-3-1-4-8-12)11-15(18,19)13-9-5-2-6-10-13/h1-11H,16-19H2. The van der Waals surface area contributed by atoms with Crippen molar-refractivity contribution in [1.29, 1.82) is 0 Å². The Morgan fingerprint density at radius 1 is 0.579 bits per heavy atom. The smallest absolute Gasteiger partial charge is 0.0968 e. The van der Waals surface area contributed by atoms with Gasteiger partial charge in [-0.2, -0.15) is 0 Å². The molecule has 0 heterocycles. The Balaban J connectivity index is 2.25. The van der Waals surface area contributed by atoms with Crippen LogP contribution >= 0.6 is 0 Å². The Labute approximate surface area is 113 Å². The van der Waals surface area contributed by atoms with Crippen LogP contribution in [0.2, 0.25) is 0 Å². The van der Waals surface area contributed by atoms with E-state index in [0.29, 0.717) is 0 Å². The van der Waals surface area contributed by atoms with Crippen LogP contribution in [0.1, 0.15) is 11.1 Å². The van der Waals surface area contributed by atoms with Gasteiger partial charge in [0.05, 0.1) is 11.3 Å². The molecule has 19 heavy (non-hydrogen) atoms. The molecule has 2 aromatic rings. The predicted molar refractivity (Wildman–Crippen MR) is 77.3 cm³/mol. The Morgan fingerprint density at radius 2 is 0.895 bits per heavy atom. The van der Waals surface area contributed by atoms with Crippen LogP contribution in [0.25, 0.3) is 0 Å². The summed E-state index contributed by atoms with van der Waals surface area (Å²) in [5.74, 6) is 0.